The van der Waals surface area contributed by atoms with Gasteiger partial charge in [-0.05, 0) is 63.1 Å². The summed E-state index contributed by atoms with van der Waals surface area (Å²) in [6.07, 6.45) is 7.49. The second-order valence-corrected chi connectivity index (χ2v) is 8.36. The van der Waals surface area contributed by atoms with Crippen molar-refractivity contribution in [1.82, 2.24) is 5.32 Å². The van der Waals surface area contributed by atoms with E-state index in [0.29, 0.717) is 5.41 Å². The van der Waals surface area contributed by atoms with Crippen LogP contribution in [0.15, 0.2) is 18.2 Å². The van der Waals surface area contributed by atoms with Crippen molar-refractivity contribution in [3.8, 4) is 0 Å². The zero-order valence-electron chi connectivity index (χ0n) is 13.4. The Bertz CT molecular complexity index is 450. The van der Waals surface area contributed by atoms with Crippen LogP contribution in [0, 0.1) is 5.41 Å². The Morgan fingerprint density at radius 2 is 1.62 bits per heavy atom. The van der Waals surface area contributed by atoms with Crippen LogP contribution in [0.3, 0.4) is 0 Å². The highest BCUT2D eigenvalue weighted by Gasteiger charge is 2.34. The van der Waals surface area contributed by atoms with E-state index < -0.39 is 0 Å². The zero-order valence-corrected chi connectivity index (χ0v) is 14.9. The summed E-state index contributed by atoms with van der Waals surface area (Å²) in [6.45, 7) is 7.72. The molecule has 1 N–H and O–H groups in total. The van der Waals surface area contributed by atoms with Gasteiger partial charge in [0.15, 0.2) is 0 Å². The molecule has 0 heterocycles. The average molecular weight is 328 g/mol. The van der Waals surface area contributed by atoms with Crippen LogP contribution in [-0.4, -0.2) is 12.1 Å². The van der Waals surface area contributed by atoms with Crippen molar-refractivity contribution in [3.05, 3.63) is 33.8 Å². The minimum absolute atomic E-state index is 0.148. The van der Waals surface area contributed by atoms with Gasteiger partial charge < -0.3 is 5.32 Å². The maximum Gasteiger partial charge on any atom is 0.0453 e. The molecule has 118 valence electrons. The summed E-state index contributed by atoms with van der Waals surface area (Å²) in [5.74, 6) is 0. The minimum atomic E-state index is 0.148. The van der Waals surface area contributed by atoms with Gasteiger partial charge >= 0.3 is 0 Å². The van der Waals surface area contributed by atoms with Gasteiger partial charge in [-0.25, -0.2) is 0 Å². The van der Waals surface area contributed by atoms with Gasteiger partial charge in [0, 0.05) is 22.1 Å². The predicted octanol–water partition coefficient (Wildman–Crippen LogP) is 5.87. The van der Waals surface area contributed by atoms with Gasteiger partial charge in [-0.3, -0.25) is 0 Å². The molecule has 1 aromatic rings. The molecular formula is C18H27Cl2N. The molecule has 21 heavy (non-hydrogen) atoms. The summed E-state index contributed by atoms with van der Waals surface area (Å²) in [5.41, 5.74) is 1.56. The number of rotatable bonds is 4. The topological polar surface area (TPSA) is 12.0 Å². The summed E-state index contributed by atoms with van der Waals surface area (Å²) >= 11 is 12.8. The van der Waals surface area contributed by atoms with Gasteiger partial charge in [-0.2, -0.15) is 0 Å². The first kappa shape index (κ1) is 17.1. The standard InChI is InChI=1S/C18H27Cl2N/c1-17(2,3)21-13-18(10-5-4-6-11-18)12-14-15(19)8-7-9-16(14)20/h7-9,21H,4-6,10-13H2,1-3H3. The van der Waals surface area contributed by atoms with Crippen LogP contribution in [-0.2, 0) is 6.42 Å². The lowest BCUT2D eigenvalue weighted by atomic mass is 9.70. The lowest BCUT2D eigenvalue weighted by Gasteiger charge is -2.40. The normalized spacial score (nSPS) is 18.7. The monoisotopic (exact) mass is 327 g/mol. The number of hydrogen-bond donors (Lipinski definition) is 1. The Morgan fingerprint density at radius 1 is 1.05 bits per heavy atom. The predicted molar refractivity (Wildman–Crippen MR) is 93.4 cm³/mol. The van der Waals surface area contributed by atoms with Gasteiger partial charge in [-0.1, -0.05) is 48.5 Å². The smallest absolute Gasteiger partial charge is 0.0453 e. The molecule has 0 unspecified atom stereocenters. The molecule has 0 amide bonds. The summed E-state index contributed by atoms with van der Waals surface area (Å²) in [7, 11) is 0. The van der Waals surface area contributed by atoms with Crippen molar-refractivity contribution in [2.75, 3.05) is 6.54 Å². The quantitative estimate of drug-likeness (QED) is 0.728. The molecular weight excluding hydrogens is 301 g/mol. The van der Waals surface area contributed by atoms with Crippen LogP contribution in [0.2, 0.25) is 10.0 Å². The number of halogens is 2. The van der Waals surface area contributed by atoms with Crippen LogP contribution < -0.4 is 5.32 Å². The SMILES string of the molecule is CC(C)(C)NCC1(Cc2c(Cl)cccc2Cl)CCCCC1. The van der Waals surface area contributed by atoms with Crippen LogP contribution >= 0.6 is 23.2 Å². The van der Waals surface area contributed by atoms with Crippen LogP contribution in [0.5, 0.6) is 0 Å². The molecule has 1 aliphatic rings. The molecule has 2 rings (SSSR count). The van der Waals surface area contributed by atoms with E-state index in [2.05, 4.69) is 26.1 Å². The highest BCUT2D eigenvalue weighted by molar-refractivity contribution is 6.36. The van der Waals surface area contributed by atoms with Gasteiger partial charge in [0.25, 0.3) is 0 Å². The largest absolute Gasteiger partial charge is 0.312 e. The Kier molecular flexibility index (Phi) is 5.62. The van der Waals surface area contributed by atoms with Gasteiger partial charge in [-0.15, -0.1) is 0 Å². The van der Waals surface area contributed by atoms with E-state index in [1.54, 1.807) is 0 Å². The highest BCUT2D eigenvalue weighted by Crippen LogP contribution is 2.41. The number of benzene rings is 1. The molecule has 0 bridgehead atoms. The highest BCUT2D eigenvalue weighted by atomic mass is 35.5. The molecule has 0 atom stereocenters. The van der Waals surface area contributed by atoms with Crippen molar-refractivity contribution in [2.24, 2.45) is 5.41 Å². The lowest BCUT2D eigenvalue weighted by Crippen LogP contribution is -2.45. The fraction of sp³-hybridized carbons (Fsp3) is 0.667. The molecule has 0 aliphatic heterocycles. The van der Waals surface area contributed by atoms with E-state index in [-0.39, 0.29) is 5.54 Å². The molecule has 0 saturated heterocycles. The molecule has 1 nitrogen and oxygen atoms in total. The Hall–Kier alpha value is -0.240. The fourth-order valence-electron chi connectivity index (χ4n) is 3.25. The third-order valence-electron chi connectivity index (χ3n) is 4.52. The van der Waals surface area contributed by atoms with Crippen LogP contribution in [0.25, 0.3) is 0 Å². The summed E-state index contributed by atoms with van der Waals surface area (Å²) in [4.78, 5) is 0. The molecule has 0 aromatic heterocycles. The third kappa shape index (κ3) is 4.87. The van der Waals surface area contributed by atoms with E-state index in [9.17, 15) is 0 Å². The van der Waals surface area contributed by atoms with E-state index in [1.807, 2.05) is 18.2 Å². The number of hydrogen-bond acceptors (Lipinski definition) is 1. The van der Waals surface area contributed by atoms with Crippen LogP contribution in [0.1, 0.15) is 58.4 Å². The van der Waals surface area contributed by atoms with Gasteiger partial charge in [0.1, 0.15) is 0 Å². The second kappa shape index (κ2) is 6.89. The van der Waals surface area contributed by atoms with Crippen molar-refractivity contribution in [2.45, 2.75) is 64.8 Å². The van der Waals surface area contributed by atoms with Gasteiger partial charge in [0.05, 0.1) is 0 Å². The lowest BCUT2D eigenvalue weighted by molar-refractivity contribution is 0.165. The average Bonchev–Trinajstić information content (AvgIpc) is 2.42. The third-order valence-corrected chi connectivity index (χ3v) is 5.23. The first-order valence-corrected chi connectivity index (χ1v) is 8.75. The molecule has 1 fully saturated rings. The minimum Gasteiger partial charge on any atom is -0.312 e. The maximum atomic E-state index is 6.40. The van der Waals surface area contributed by atoms with E-state index in [1.165, 1.54) is 32.1 Å². The molecule has 1 saturated carbocycles. The van der Waals surface area contributed by atoms with E-state index in [4.69, 9.17) is 23.2 Å². The Morgan fingerprint density at radius 3 is 2.14 bits per heavy atom. The Labute approximate surface area is 139 Å². The molecule has 1 aliphatic carbocycles. The zero-order chi connectivity index (χ0) is 15.5. The van der Waals surface area contributed by atoms with Crippen molar-refractivity contribution < 1.29 is 0 Å². The van der Waals surface area contributed by atoms with Crippen molar-refractivity contribution in [3.63, 3.8) is 0 Å². The molecule has 1 aromatic carbocycles. The van der Waals surface area contributed by atoms with Crippen LogP contribution in [0.4, 0.5) is 0 Å². The summed E-state index contributed by atoms with van der Waals surface area (Å²) in [6, 6.07) is 5.84. The summed E-state index contributed by atoms with van der Waals surface area (Å²) in [5, 5.41) is 5.32. The number of nitrogens with one attached hydrogen (secondary N) is 1. The first-order valence-electron chi connectivity index (χ1n) is 7.99. The van der Waals surface area contributed by atoms with Crippen molar-refractivity contribution in [1.29, 1.82) is 0 Å². The summed E-state index contributed by atoms with van der Waals surface area (Å²) < 4.78 is 0. The van der Waals surface area contributed by atoms with Crippen molar-refractivity contribution >= 4 is 23.2 Å². The van der Waals surface area contributed by atoms with Gasteiger partial charge in [0.2, 0.25) is 0 Å². The Balaban J connectivity index is 2.20. The maximum absolute atomic E-state index is 6.40. The first-order chi connectivity index (χ1) is 9.81. The second-order valence-electron chi connectivity index (χ2n) is 7.54. The molecule has 0 radical (unpaired) electrons. The molecule has 3 heteroatoms. The molecule has 0 spiro atoms. The fourth-order valence-corrected chi connectivity index (χ4v) is 3.78. The van der Waals surface area contributed by atoms with E-state index in [0.717, 1.165) is 28.6 Å². The van der Waals surface area contributed by atoms with E-state index >= 15 is 0 Å².